The molecule has 1 aromatic carbocycles. The van der Waals surface area contributed by atoms with E-state index in [4.69, 9.17) is 9.57 Å². The lowest BCUT2D eigenvalue weighted by Crippen LogP contribution is -1.99. The molecule has 5 nitrogen and oxygen atoms in total. The third-order valence-electron chi connectivity index (χ3n) is 2.81. The zero-order valence-electron chi connectivity index (χ0n) is 13.5. The molecule has 0 aliphatic carbocycles. The van der Waals surface area contributed by atoms with Crippen molar-refractivity contribution in [3.05, 3.63) is 42.2 Å². The highest BCUT2D eigenvalue weighted by Crippen LogP contribution is 2.22. The lowest BCUT2D eigenvalue weighted by Gasteiger charge is -2.07. The Morgan fingerprint density at radius 2 is 2.09 bits per heavy atom. The van der Waals surface area contributed by atoms with E-state index in [0.29, 0.717) is 12.5 Å². The first-order valence-electron chi connectivity index (χ1n) is 7.33. The molecule has 1 aromatic heterocycles. The first-order valence-corrected chi connectivity index (χ1v) is 7.33. The lowest BCUT2D eigenvalue weighted by molar-refractivity contribution is 0.0874. The van der Waals surface area contributed by atoms with Crippen LogP contribution in [0.3, 0.4) is 0 Å². The Morgan fingerprint density at radius 1 is 1.26 bits per heavy atom. The van der Waals surface area contributed by atoms with Crippen molar-refractivity contribution in [1.29, 1.82) is 0 Å². The Bertz CT molecular complexity index is 730. The number of rotatable bonds is 6. The maximum atomic E-state index is 5.48. The molecular weight excluding hydrogens is 290 g/mol. The Morgan fingerprint density at radius 3 is 2.87 bits per heavy atom. The maximum Gasteiger partial charge on any atom is 0.217 e. The van der Waals surface area contributed by atoms with Crippen molar-refractivity contribution in [3.63, 3.8) is 0 Å². The van der Waals surface area contributed by atoms with Crippen molar-refractivity contribution in [2.75, 3.05) is 6.61 Å². The van der Waals surface area contributed by atoms with Gasteiger partial charge in [-0.2, -0.15) is 0 Å². The summed E-state index contributed by atoms with van der Waals surface area (Å²) in [5.74, 6) is 6.10. The van der Waals surface area contributed by atoms with Gasteiger partial charge in [0.15, 0.2) is 6.61 Å². The molecule has 118 valence electrons. The molecule has 0 aliphatic rings. The molecule has 0 unspecified atom stereocenters. The summed E-state index contributed by atoms with van der Waals surface area (Å²) in [7, 11) is 0. The van der Waals surface area contributed by atoms with Crippen molar-refractivity contribution in [1.82, 2.24) is 9.97 Å². The van der Waals surface area contributed by atoms with Gasteiger partial charge in [-0.15, -0.1) is 5.92 Å². The minimum Gasteiger partial charge on any atom is -0.464 e. The fourth-order valence-corrected chi connectivity index (χ4v) is 1.80. The average molecular weight is 309 g/mol. The van der Waals surface area contributed by atoms with Crippen LogP contribution in [-0.2, 0) is 4.84 Å². The Hall–Kier alpha value is -2.87. The Labute approximate surface area is 136 Å². The van der Waals surface area contributed by atoms with Gasteiger partial charge in [0.25, 0.3) is 0 Å². The summed E-state index contributed by atoms with van der Waals surface area (Å²) in [6.07, 6.45) is 3.19. The second kappa shape index (κ2) is 8.54. The fourth-order valence-electron chi connectivity index (χ4n) is 1.80. The zero-order valence-corrected chi connectivity index (χ0v) is 13.5. The van der Waals surface area contributed by atoms with Crippen LogP contribution >= 0.6 is 0 Å². The van der Waals surface area contributed by atoms with Crippen LogP contribution < -0.4 is 4.74 Å². The summed E-state index contributed by atoms with van der Waals surface area (Å²) >= 11 is 0. The molecule has 0 aliphatic heterocycles. The van der Waals surface area contributed by atoms with Crippen LogP contribution in [0.15, 0.2) is 41.8 Å². The first kappa shape index (κ1) is 16.5. The topological polar surface area (TPSA) is 56.6 Å². The Balaban J connectivity index is 2.25. The summed E-state index contributed by atoms with van der Waals surface area (Å²) in [5, 5.41) is 3.99. The largest absolute Gasteiger partial charge is 0.464 e. The van der Waals surface area contributed by atoms with Crippen LogP contribution in [0.5, 0.6) is 5.88 Å². The van der Waals surface area contributed by atoms with Gasteiger partial charge in [-0.05, 0) is 20.8 Å². The summed E-state index contributed by atoms with van der Waals surface area (Å²) in [6, 6.07) is 9.59. The van der Waals surface area contributed by atoms with Gasteiger partial charge < -0.3 is 9.57 Å². The fraction of sp³-hybridized carbons (Fsp3) is 0.278. The van der Waals surface area contributed by atoms with Crippen molar-refractivity contribution in [2.24, 2.45) is 5.16 Å². The van der Waals surface area contributed by atoms with Gasteiger partial charge in [-0.3, -0.25) is 0 Å². The second-order valence-corrected chi connectivity index (χ2v) is 4.93. The summed E-state index contributed by atoms with van der Waals surface area (Å²) in [6.45, 7) is 5.93. The minimum atomic E-state index is 0.0390. The predicted octanol–water partition coefficient (Wildman–Crippen LogP) is 3.30. The van der Waals surface area contributed by atoms with Crippen LogP contribution in [0, 0.1) is 11.8 Å². The van der Waals surface area contributed by atoms with E-state index in [2.05, 4.69) is 27.0 Å². The van der Waals surface area contributed by atoms with Crippen LogP contribution in [0.1, 0.15) is 26.3 Å². The van der Waals surface area contributed by atoms with E-state index in [1.165, 1.54) is 6.33 Å². The predicted molar refractivity (Wildman–Crippen MR) is 90.2 cm³/mol. The molecule has 2 rings (SSSR count). The van der Waals surface area contributed by atoms with Crippen molar-refractivity contribution >= 4 is 6.21 Å². The molecule has 2 aromatic rings. The third-order valence-corrected chi connectivity index (χ3v) is 2.81. The highest BCUT2D eigenvalue weighted by Gasteiger charge is 2.07. The minimum absolute atomic E-state index is 0.0390. The molecule has 0 bridgehead atoms. The molecule has 5 heteroatoms. The molecule has 0 saturated carbocycles. The number of nitrogens with zero attached hydrogens (tertiary/aromatic N) is 3. The van der Waals surface area contributed by atoms with E-state index >= 15 is 0 Å². The number of aromatic nitrogens is 2. The summed E-state index contributed by atoms with van der Waals surface area (Å²) < 4.78 is 5.48. The normalized spacial score (nSPS) is 10.4. The molecule has 0 amide bonds. The van der Waals surface area contributed by atoms with Crippen LogP contribution in [0.4, 0.5) is 0 Å². The highest BCUT2D eigenvalue weighted by molar-refractivity contribution is 5.89. The zero-order chi connectivity index (χ0) is 16.5. The number of hydrogen-bond donors (Lipinski definition) is 0. The van der Waals surface area contributed by atoms with E-state index in [9.17, 15) is 0 Å². The molecule has 0 N–H and O–H groups in total. The molecule has 0 atom stereocenters. The van der Waals surface area contributed by atoms with Gasteiger partial charge in [0.2, 0.25) is 5.88 Å². The molecular formula is C18H19N3O2. The summed E-state index contributed by atoms with van der Waals surface area (Å²) in [5.41, 5.74) is 2.59. The van der Waals surface area contributed by atoms with Gasteiger partial charge in [-0.25, -0.2) is 9.97 Å². The molecule has 0 radical (unpaired) electrons. The van der Waals surface area contributed by atoms with Crippen molar-refractivity contribution in [2.45, 2.75) is 26.9 Å². The molecule has 23 heavy (non-hydrogen) atoms. The van der Waals surface area contributed by atoms with E-state index in [0.717, 1.165) is 16.8 Å². The number of ether oxygens (including phenoxy) is 1. The quantitative estimate of drug-likeness (QED) is 0.467. The molecule has 1 heterocycles. The van der Waals surface area contributed by atoms with Gasteiger partial charge >= 0.3 is 0 Å². The second-order valence-electron chi connectivity index (χ2n) is 4.93. The van der Waals surface area contributed by atoms with E-state index in [1.54, 1.807) is 19.2 Å². The van der Waals surface area contributed by atoms with E-state index in [1.807, 2.05) is 38.1 Å². The molecule has 0 saturated heterocycles. The number of hydrogen-bond acceptors (Lipinski definition) is 5. The maximum absolute atomic E-state index is 5.48. The monoisotopic (exact) mass is 309 g/mol. The van der Waals surface area contributed by atoms with Gasteiger partial charge in [0.05, 0.1) is 11.9 Å². The molecule has 0 fully saturated rings. The van der Waals surface area contributed by atoms with Gasteiger partial charge in [0, 0.05) is 17.2 Å². The van der Waals surface area contributed by atoms with Crippen LogP contribution in [0.25, 0.3) is 11.3 Å². The van der Waals surface area contributed by atoms with Crippen LogP contribution in [-0.4, -0.2) is 28.9 Å². The van der Waals surface area contributed by atoms with Crippen LogP contribution in [0.2, 0.25) is 0 Å². The average Bonchev–Trinajstić information content (AvgIpc) is 2.55. The Kier molecular flexibility index (Phi) is 6.13. The van der Waals surface area contributed by atoms with E-state index in [-0.39, 0.29) is 6.10 Å². The summed E-state index contributed by atoms with van der Waals surface area (Å²) in [4.78, 5) is 13.6. The SMILES string of the molecule is CC#CCOc1cc(-c2ccccc2C=NOC(C)C)ncn1. The smallest absolute Gasteiger partial charge is 0.217 e. The first-order chi connectivity index (χ1) is 11.2. The highest BCUT2D eigenvalue weighted by atomic mass is 16.6. The van der Waals surface area contributed by atoms with Crippen molar-refractivity contribution in [3.8, 4) is 29.0 Å². The van der Waals surface area contributed by atoms with E-state index < -0.39 is 0 Å². The van der Waals surface area contributed by atoms with Crippen molar-refractivity contribution < 1.29 is 9.57 Å². The van der Waals surface area contributed by atoms with Gasteiger partial charge in [-0.1, -0.05) is 35.3 Å². The van der Waals surface area contributed by atoms with Gasteiger partial charge in [0.1, 0.15) is 12.4 Å². The molecule has 0 spiro atoms. The number of benzene rings is 1. The number of oxime groups is 1. The third kappa shape index (κ3) is 5.11. The lowest BCUT2D eigenvalue weighted by atomic mass is 10.1. The standard InChI is InChI=1S/C18H19N3O2/c1-4-5-10-22-18-11-17(19-13-20-18)16-9-7-6-8-15(16)12-21-23-14(2)3/h6-9,11-14H,10H2,1-3H3.